The maximum absolute atomic E-state index is 14.7. The topological polar surface area (TPSA) is 156 Å². The standard InChI is InChI=1S/C25H26F2N6O6S/c1-15-13-16(3-6-20(15)40(36,37)31-9-12-39-11-8-29-25(34)35)32-23-24-30-14-18(33(24)10-7-28-23)17-4-5-19(38-2)22(27)21(17)26/h3-7,10,13-14,29,31H,8-9,11-12H2,1-2H3,(H,28,32)(H,34,35). The van der Waals surface area contributed by atoms with Gasteiger partial charge in [0, 0.05) is 36.7 Å². The highest BCUT2D eigenvalue weighted by atomic mass is 32.2. The Balaban J connectivity index is 1.48. The van der Waals surface area contributed by atoms with E-state index in [0.717, 1.165) is 0 Å². The van der Waals surface area contributed by atoms with Gasteiger partial charge in [0.1, 0.15) is 0 Å². The van der Waals surface area contributed by atoms with Crippen LogP contribution in [0.3, 0.4) is 0 Å². The van der Waals surface area contributed by atoms with Crippen LogP contribution in [0.5, 0.6) is 5.75 Å². The molecule has 12 nitrogen and oxygen atoms in total. The fraction of sp³-hybridized carbons (Fsp3) is 0.240. The van der Waals surface area contributed by atoms with E-state index in [1.165, 1.54) is 37.7 Å². The molecule has 1 amide bonds. The number of hydrogen-bond donors (Lipinski definition) is 4. The van der Waals surface area contributed by atoms with Gasteiger partial charge in [0.2, 0.25) is 15.8 Å². The number of carbonyl (C=O) groups is 1. The highest BCUT2D eigenvalue weighted by molar-refractivity contribution is 7.89. The van der Waals surface area contributed by atoms with Crippen LogP contribution < -0.4 is 20.1 Å². The second kappa shape index (κ2) is 12.2. The molecule has 2 aromatic heterocycles. The summed E-state index contributed by atoms with van der Waals surface area (Å²) in [6, 6.07) is 7.34. The number of halogens is 2. The first-order valence-electron chi connectivity index (χ1n) is 11.9. The highest BCUT2D eigenvalue weighted by Gasteiger charge is 2.20. The summed E-state index contributed by atoms with van der Waals surface area (Å²) in [7, 11) is -2.59. The smallest absolute Gasteiger partial charge is 0.404 e. The molecule has 0 saturated heterocycles. The number of amides is 1. The Labute approximate surface area is 228 Å². The summed E-state index contributed by atoms with van der Waals surface area (Å²) in [5.41, 5.74) is 1.60. The molecule has 0 bridgehead atoms. The molecule has 0 unspecified atom stereocenters. The lowest BCUT2D eigenvalue weighted by Gasteiger charge is -2.13. The van der Waals surface area contributed by atoms with E-state index in [1.54, 1.807) is 29.7 Å². The van der Waals surface area contributed by atoms with Crippen molar-refractivity contribution in [2.45, 2.75) is 11.8 Å². The second-order valence-corrected chi connectivity index (χ2v) is 10.1. The van der Waals surface area contributed by atoms with Crippen LogP contribution in [0.2, 0.25) is 0 Å². The Morgan fingerprint density at radius 3 is 2.60 bits per heavy atom. The van der Waals surface area contributed by atoms with Crippen molar-refractivity contribution in [1.29, 1.82) is 0 Å². The Morgan fingerprint density at radius 2 is 1.88 bits per heavy atom. The second-order valence-electron chi connectivity index (χ2n) is 8.40. The third-order valence-corrected chi connectivity index (χ3v) is 7.38. The molecule has 0 saturated carbocycles. The largest absolute Gasteiger partial charge is 0.494 e. The lowest BCUT2D eigenvalue weighted by Crippen LogP contribution is -2.30. The third kappa shape index (κ3) is 6.27. The molecule has 4 aromatic rings. The number of hydrogen-bond acceptors (Lipinski definition) is 8. The lowest BCUT2D eigenvalue weighted by atomic mass is 10.1. The molecule has 2 heterocycles. The van der Waals surface area contributed by atoms with Crippen molar-refractivity contribution < 1.29 is 36.6 Å². The first-order chi connectivity index (χ1) is 19.1. The van der Waals surface area contributed by atoms with E-state index in [1.807, 2.05) is 0 Å². The quantitative estimate of drug-likeness (QED) is 0.186. The van der Waals surface area contributed by atoms with Gasteiger partial charge in [-0.3, -0.25) is 4.40 Å². The average molecular weight is 577 g/mol. The number of sulfonamides is 1. The zero-order valence-electron chi connectivity index (χ0n) is 21.4. The molecule has 4 rings (SSSR count). The van der Waals surface area contributed by atoms with Crippen LogP contribution in [0.4, 0.5) is 25.1 Å². The number of nitrogens with one attached hydrogen (secondary N) is 3. The monoisotopic (exact) mass is 576 g/mol. The molecule has 0 atom stereocenters. The molecule has 4 N–H and O–H groups in total. The normalized spacial score (nSPS) is 11.5. The minimum atomic E-state index is -3.84. The SMILES string of the molecule is COc1ccc(-c2cnc3c(Nc4ccc(S(=O)(=O)NCCOCCNC(=O)O)c(C)c4)nccn23)c(F)c1F. The fourth-order valence-electron chi connectivity index (χ4n) is 3.92. The molecule has 0 aliphatic heterocycles. The number of aromatic nitrogens is 3. The van der Waals surface area contributed by atoms with Crippen LogP contribution in [0, 0.1) is 18.6 Å². The van der Waals surface area contributed by atoms with Gasteiger partial charge in [-0.05, 0) is 42.8 Å². The molecular weight excluding hydrogens is 550 g/mol. The van der Waals surface area contributed by atoms with Gasteiger partial charge in [-0.2, -0.15) is 4.39 Å². The number of rotatable bonds is 12. The van der Waals surface area contributed by atoms with E-state index in [2.05, 4.69) is 25.3 Å². The Kier molecular flexibility index (Phi) is 8.77. The van der Waals surface area contributed by atoms with Crippen LogP contribution in [-0.4, -0.2) is 67.4 Å². The van der Waals surface area contributed by atoms with Crippen molar-refractivity contribution in [2.24, 2.45) is 0 Å². The van der Waals surface area contributed by atoms with Gasteiger partial charge in [0.25, 0.3) is 0 Å². The average Bonchev–Trinajstić information content (AvgIpc) is 3.34. The van der Waals surface area contributed by atoms with Crippen LogP contribution >= 0.6 is 0 Å². The minimum Gasteiger partial charge on any atom is -0.494 e. The molecule has 0 aliphatic rings. The first-order valence-corrected chi connectivity index (χ1v) is 13.4. The Hall–Kier alpha value is -4.34. The van der Waals surface area contributed by atoms with E-state index < -0.39 is 27.8 Å². The summed E-state index contributed by atoms with van der Waals surface area (Å²) >= 11 is 0. The van der Waals surface area contributed by atoms with Gasteiger partial charge in [-0.15, -0.1) is 0 Å². The van der Waals surface area contributed by atoms with Gasteiger partial charge in [-0.25, -0.2) is 32.3 Å². The number of carboxylic acid groups (broad SMARTS) is 1. The summed E-state index contributed by atoms with van der Waals surface area (Å²) in [6.07, 6.45) is 3.25. The molecule has 0 aliphatic carbocycles. The van der Waals surface area contributed by atoms with E-state index in [4.69, 9.17) is 14.6 Å². The molecule has 0 spiro atoms. The van der Waals surface area contributed by atoms with Crippen molar-refractivity contribution in [3.63, 3.8) is 0 Å². The van der Waals surface area contributed by atoms with E-state index in [0.29, 0.717) is 28.4 Å². The number of nitrogens with zero attached hydrogens (tertiary/aromatic N) is 3. The number of imidazole rings is 1. The molecule has 40 heavy (non-hydrogen) atoms. The first kappa shape index (κ1) is 28.7. The molecule has 212 valence electrons. The molecule has 2 aromatic carbocycles. The van der Waals surface area contributed by atoms with Crippen molar-refractivity contribution in [1.82, 2.24) is 24.4 Å². The number of methoxy groups -OCH3 is 1. The van der Waals surface area contributed by atoms with Crippen molar-refractivity contribution in [3.05, 3.63) is 66.1 Å². The minimum absolute atomic E-state index is 0.00166. The van der Waals surface area contributed by atoms with E-state index in [9.17, 15) is 22.0 Å². The highest BCUT2D eigenvalue weighted by Crippen LogP contribution is 2.31. The fourth-order valence-corrected chi connectivity index (χ4v) is 5.15. The predicted molar refractivity (Wildman–Crippen MR) is 141 cm³/mol. The summed E-state index contributed by atoms with van der Waals surface area (Å²) in [4.78, 5) is 19.1. The maximum Gasteiger partial charge on any atom is 0.404 e. The summed E-state index contributed by atoms with van der Waals surface area (Å²) in [5.74, 6) is -2.09. The van der Waals surface area contributed by atoms with Gasteiger partial charge in [-0.1, -0.05) is 0 Å². The number of ether oxygens (including phenoxy) is 2. The van der Waals surface area contributed by atoms with Crippen LogP contribution in [0.1, 0.15) is 5.56 Å². The van der Waals surface area contributed by atoms with Crippen LogP contribution in [-0.2, 0) is 14.8 Å². The summed E-state index contributed by atoms with van der Waals surface area (Å²) in [5, 5.41) is 13.7. The van der Waals surface area contributed by atoms with Crippen molar-refractivity contribution in [2.75, 3.05) is 38.7 Å². The maximum atomic E-state index is 14.7. The van der Waals surface area contributed by atoms with Crippen LogP contribution in [0.25, 0.3) is 16.9 Å². The Morgan fingerprint density at radius 1 is 1.10 bits per heavy atom. The number of fused-ring (bicyclic) bond motifs is 1. The predicted octanol–water partition coefficient (Wildman–Crippen LogP) is 3.30. The Bertz CT molecular complexity index is 1650. The number of anilines is 2. The van der Waals surface area contributed by atoms with Gasteiger partial charge < -0.3 is 25.2 Å². The lowest BCUT2D eigenvalue weighted by molar-refractivity contribution is 0.137. The van der Waals surface area contributed by atoms with Crippen molar-refractivity contribution >= 4 is 33.3 Å². The van der Waals surface area contributed by atoms with Gasteiger partial charge in [0.15, 0.2) is 23.0 Å². The molecule has 0 radical (unpaired) electrons. The molecule has 15 heteroatoms. The molecular formula is C25H26F2N6O6S. The van der Waals surface area contributed by atoms with E-state index in [-0.39, 0.29) is 42.5 Å². The van der Waals surface area contributed by atoms with Gasteiger partial charge in [0.05, 0.1) is 37.1 Å². The number of aryl methyl sites for hydroxylation is 1. The summed E-state index contributed by atoms with van der Waals surface area (Å²) in [6.45, 7) is 1.90. The third-order valence-electron chi connectivity index (χ3n) is 5.76. The zero-order valence-corrected chi connectivity index (χ0v) is 22.3. The van der Waals surface area contributed by atoms with Crippen molar-refractivity contribution in [3.8, 4) is 17.0 Å². The van der Waals surface area contributed by atoms with Gasteiger partial charge >= 0.3 is 6.09 Å². The summed E-state index contributed by atoms with van der Waals surface area (Å²) < 4.78 is 68.5. The number of benzene rings is 2. The van der Waals surface area contributed by atoms with Crippen LogP contribution in [0.15, 0.2) is 53.8 Å². The van der Waals surface area contributed by atoms with E-state index >= 15 is 0 Å². The zero-order chi connectivity index (χ0) is 28.9. The molecule has 0 fully saturated rings.